The number of carbonyl (C=O) groups is 1. The zero-order chi connectivity index (χ0) is 10.8. The van der Waals surface area contributed by atoms with Crippen LogP contribution < -0.4 is 0 Å². The van der Waals surface area contributed by atoms with Crippen molar-refractivity contribution < 1.29 is 9.53 Å². The van der Waals surface area contributed by atoms with Crippen LogP contribution in [-0.4, -0.2) is 12.6 Å². The molecule has 3 nitrogen and oxygen atoms in total. The highest BCUT2D eigenvalue weighted by Gasteiger charge is 2.13. The van der Waals surface area contributed by atoms with Gasteiger partial charge in [-0.15, -0.1) is 22.7 Å². The van der Waals surface area contributed by atoms with Gasteiger partial charge in [-0.25, -0.2) is 4.79 Å². The van der Waals surface area contributed by atoms with Crippen molar-refractivity contribution in [3.63, 3.8) is 0 Å². The zero-order valence-corrected chi connectivity index (χ0v) is 9.58. The number of fused-ring (bicyclic) bond motifs is 1. The monoisotopic (exact) mass is 237 g/mol. The minimum Gasteiger partial charge on any atom is -0.462 e. The molecule has 76 valence electrons. The molecule has 0 aliphatic rings. The number of esters is 1. The third-order valence-corrected chi connectivity index (χ3v) is 4.08. The Labute approximate surface area is 94.5 Å². The highest BCUT2D eigenvalue weighted by Crippen LogP contribution is 2.33. The van der Waals surface area contributed by atoms with Gasteiger partial charge in [0.2, 0.25) is 0 Å². The minimum atomic E-state index is -0.288. The molecule has 0 N–H and O–H groups in total. The predicted molar refractivity (Wildman–Crippen MR) is 60.4 cm³/mol. The first-order valence-electron chi connectivity index (χ1n) is 4.35. The van der Waals surface area contributed by atoms with Crippen molar-refractivity contribution in [1.82, 2.24) is 0 Å². The molecular formula is C10H7NO2S2. The molecule has 2 rings (SSSR count). The third kappa shape index (κ3) is 1.87. The second-order valence-corrected chi connectivity index (χ2v) is 5.16. The Kier molecular flexibility index (Phi) is 2.71. The number of rotatable bonds is 2. The quantitative estimate of drug-likeness (QED) is 0.754. The Morgan fingerprint density at radius 2 is 2.33 bits per heavy atom. The Bertz CT molecular complexity index is 516. The molecule has 2 aromatic rings. The van der Waals surface area contributed by atoms with Crippen molar-refractivity contribution >= 4 is 38.0 Å². The van der Waals surface area contributed by atoms with Crippen LogP contribution in [0.2, 0.25) is 0 Å². The Morgan fingerprint density at radius 3 is 2.93 bits per heavy atom. The molecule has 0 aromatic carbocycles. The van der Waals surface area contributed by atoms with Crippen LogP contribution in [0.15, 0.2) is 12.1 Å². The van der Waals surface area contributed by atoms with E-state index in [0.717, 1.165) is 9.40 Å². The summed E-state index contributed by atoms with van der Waals surface area (Å²) in [6.45, 7) is 2.16. The maximum atomic E-state index is 11.4. The van der Waals surface area contributed by atoms with E-state index in [9.17, 15) is 4.79 Å². The lowest BCUT2D eigenvalue weighted by atomic mass is 10.3. The van der Waals surface area contributed by atoms with Crippen LogP contribution in [-0.2, 0) is 4.74 Å². The van der Waals surface area contributed by atoms with Crippen molar-refractivity contribution in [3.05, 3.63) is 21.9 Å². The van der Waals surface area contributed by atoms with Crippen LogP contribution in [0.4, 0.5) is 0 Å². The molecule has 0 spiro atoms. The summed E-state index contributed by atoms with van der Waals surface area (Å²) < 4.78 is 5.89. The van der Waals surface area contributed by atoms with Crippen molar-refractivity contribution in [2.24, 2.45) is 0 Å². The van der Waals surface area contributed by atoms with Gasteiger partial charge in [-0.05, 0) is 19.1 Å². The van der Waals surface area contributed by atoms with Gasteiger partial charge in [0.1, 0.15) is 15.8 Å². The van der Waals surface area contributed by atoms with E-state index in [4.69, 9.17) is 10.00 Å². The molecule has 0 aliphatic carbocycles. The summed E-state index contributed by atoms with van der Waals surface area (Å²) in [7, 11) is 0. The molecule has 5 heteroatoms. The van der Waals surface area contributed by atoms with E-state index in [2.05, 4.69) is 6.07 Å². The molecule has 2 heterocycles. The largest absolute Gasteiger partial charge is 0.462 e. The van der Waals surface area contributed by atoms with Crippen molar-refractivity contribution in [2.45, 2.75) is 6.92 Å². The van der Waals surface area contributed by atoms with E-state index >= 15 is 0 Å². The van der Waals surface area contributed by atoms with Crippen LogP contribution in [0, 0.1) is 11.3 Å². The average Bonchev–Trinajstić information content (AvgIpc) is 2.74. The van der Waals surface area contributed by atoms with E-state index in [0.29, 0.717) is 16.4 Å². The predicted octanol–water partition coefficient (Wildman–Crippen LogP) is 3.01. The van der Waals surface area contributed by atoms with Gasteiger partial charge >= 0.3 is 5.97 Å². The van der Waals surface area contributed by atoms with Gasteiger partial charge in [-0.3, -0.25) is 0 Å². The third-order valence-electron chi connectivity index (χ3n) is 1.80. The highest BCUT2D eigenvalue weighted by molar-refractivity contribution is 7.39. The number of carbonyl (C=O) groups excluding carboxylic acids is 1. The van der Waals surface area contributed by atoms with Crippen molar-refractivity contribution in [1.29, 1.82) is 5.26 Å². The van der Waals surface area contributed by atoms with E-state index in [-0.39, 0.29) is 5.97 Å². The molecule has 0 aliphatic heterocycles. The standard InChI is InChI=1S/C10H7NO2S2/c1-2-13-9(12)8-4-6-3-7(5-11)14-10(6)15-8/h3-4H,2H2,1H3. The Hall–Kier alpha value is -1.38. The first kappa shape index (κ1) is 10.1. The molecule has 0 fully saturated rings. The highest BCUT2D eigenvalue weighted by atomic mass is 32.2. The van der Waals surface area contributed by atoms with Gasteiger partial charge in [0.25, 0.3) is 0 Å². The molecule has 0 radical (unpaired) electrons. The zero-order valence-electron chi connectivity index (χ0n) is 7.94. The fourth-order valence-corrected chi connectivity index (χ4v) is 3.33. The second-order valence-electron chi connectivity index (χ2n) is 2.80. The van der Waals surface area contributed by atoms with E-state index in [1.165, 1.54) is 22.7 Å². The fourth-order valence-electron chi connectivity index (χ4n) is 1.20. The summed E-state index contributed by atoms with van der Waals surface area (Å²) >= 11 is 2.78. The van der Waals surface area contributed by atoms with E-state index < -0.39 is 0 Å². The average molecular weight is 237 g/mol. The number of ether oxygens (including phenoxy) is 1. The second kappa shape index (κ2) is 4.01. The smallest absolute Gasteiger partial charge is 0.348 e. The van der Waals surface area contributed by atoms with Crippen molar-refractivity contribution in [2.75, 3.05) is 6.61 Å². The lowest BCUT2D eigenvalue weighted by Gasteiger charge is -1.95. The number of hydrogen-bond donors (Lipinski definition) is 0. The first-order valence-corrected chi connectivity index (χ1v) is 5.98. The first-order chi connectivity index (χ1) is 7.24. The molecule has 0 atom stereocenters. The molecule has 2 aromatic heterocycles. The summed E-state index contributed by atoms with van der Waals surface area (Å²) in [6, 6.07) is 5.65. The van der Waals surface area contributed by atoms with Crippen LogP contribution in [0.3, 0.4) is 0 Å². The number of thiophene rings is 2. The summed E-state index contributed by atoms with van der Waals surface area (Å²) in [5.41, 5.74) is 0. The lowest BCUT2D eigenvalue weighted by molar-refractivity contribution is 0.0532. The molecule has 0 bridgehead atoms. The topological polar surface area (TPSA) is 50.1 Å². The van der Waals surface area contributed by atoms with Gasteiger partial charge in [0, 0.05) is 5.39 Å². The van der Waals surface area contributed by atoms with Crippen LogP contribution in [0.1, 0.15) is 21.5 Å². The van der Waals surface area contributed by atoms with Crippen LogP contribution in [0.25, 0.3) is 9.40 Å². The van der Waals surface area contributed by atoms with Crippen LogP contribution in [0.5, 0.6) is 0 Å². The Morgan fingerprint density at radius 1 is 1.53 bits per heavy atom. The summed E-state index contributed by atoms with van der Waals surface area (Å²) in [5, 5.41) is 9.64. The van der Waals surface area contributed by atoms with Gasteiger partial charge in [0.15, 0.2) is 0 Å². The number of nitriles is 1. The van der Waals surface area contributed by atoms with Gasteiger partial charge < -0.3 is 4.74 Å². The molecule has 15 heavy (non-hydrogen) atoms. The maximum absolute atomic E-state index is 11.4. The lowest BCUT2D eigenvalue weighted by Crippen LogP contribution is -2.01. The summed E-state index contributed by atoms with van der Waals surface area (Å²) in [5.74, 6) is -0.288. The Balaban J connectivity index is 2.37. The van der Waals surface area contributed by atoms with E-state index in [1.807, 2.05) is 0 Å². The normalized spacial score (nSPS) is 10.1. The van der Waals surface area contributed by atoms with Gasteiger partial charge in [-0.1, -0.05) is 0 Å². The number of nitrogens with zero attached hydrogens (tertiary/aromatic N) is 1. The number of hydrogen-bond acceptors (Lipinski definition) is 5. The minimum absolute atomic E-state index is 0.288. The SMILES string of the molecule is CCOC(=O)c1cc2cc(C#N)sc2s1. The van der Waals surface area contributed by atoms with E-state index in [1.54, 1.807) is 19.1 Å². The molecule has 0 saturated heterocycles. The summed E-state index contributed by atoms with van der Waals surface area (Å²) in [6.07, 6.45) is 0. The molecular weight excluding hydrogens is 230 g/mol. The summed E-state index contributed by atoms with van der Waals surface area (Å²) in [4.78, 5) is 12.7. The fraction of sp³-hybridized carbons (Fsp3) is 0.200. The maximum Gasteiger partial charge on any atom is 0.348 e. The van der Waals surface area contributed by atoms with Gasteiger partial charge in [-0.2, -0.15) is 5.26 Å². The molecule has 0 saturated carbocycles. The van der Waals surface area contributed by atoms with Gasteiger partial charge in [0.05, 0.1) is 10.6 Å². The van der Waals surface area contributed by atoms with Crippen LogP contribution >= 0.6 is 22.7 Å². The molecule has 0 amide bonds. The van der Waals surface area contributed by atoms with Crippen molar-refractivity contribution in [3.8, 4) is 6.07 Å². The molecule has 0 unspecified atom stereocenters.